The molecule has 1 rings (SSSR count). The predicted molar refractivity (Wildman–Crippen MR) is 66.1 cm³/mol. The first kappa shape index (κ1) is 13.3. The van der Waals surface area contributed by atoms with Crippen molar-refractivity contribution in [2.75, 3.05) is 6.61 Å². The summed E-state index contributed by atoms with van der Waals surface area (Å²) in [4.78, 5) is 11.6. The van der Waals surface area contributed by atoms with E-state index in [1.807, 2.05) is 6.92 Å². The molecule has 0 aliphatic carbocycles. The van der Waals surface area contributed by atoms with Crippen molar-refractivity contribution in [2.24, 2.45) is 11.8 Å². The summed E-state index contributed by atoms with van der Waals surface area (Å²) in [6.07, 6.45) is 7.72. The van der Waals surface area contributed by atoms with Crippen LogP contribution in [-0.4, -0.2) is 12.6 Å². The lowest BCUT2D eigenvalue weighted by Gasteiger charge is -2.16. The van der Waals surface area contributed by atoms with Gasteiger partial charge in [0.15, 0.2) is 0 Å². The van der Waals surface area contributed by atoms with E-state index in [0.29, 0.717) is 12.5 Å². The van der Waals surface area contributed by atoms with E-state index in [1.54, 1.807) is 0 Å². The Morgan fingerprint density at radius 2 is 2.06 bits per heavy atom. The molecule has 0 amide bonds. The van der Waals surface area contributed by atoms with Crippen molar-refractivity contribution in [1.29, 1.82) is 0 Å². The van der Waals surface area contributed by atoms with Gasteiger partial charge in [0.25, 0.3) is 0 Å². The third-order valence-corrected chi connectivity index (χ3v) is 3.27. The lowest BCUT2D eigenvalue weighted by molar-refractivity contribution is -0.149. The van der Waals surface area contributed by atoms with Crippen LogP contribution in [-0.2, 0) is 9.53 Å². The molecular weight excluding hydrogens is 200 g/mol. The van der Waals surface area contributed by atoms with Crippen LogP contribution in [0, 0.1) is 11.8 Å². The van der Waals surface area contributed by atoms with E-state index in [-0.39, 0.29) is 11.9 Å². The minimum absolute atomic E-state index is 0.0292. The van der Waals surface area contributed by atoms with Crippen molar-refractivity contribution in [3.05, 3.63) is 11.6 Å². The van der Waals surface area contributed by atoms with E-state index in [1.165, 1.54) is 18.4 Å². The molecule has 2 heteroatoms. The fourth-order valence-electron chi connectivity index (χ4n) is 1.98. The fourth-order valence-corrected chi connectivity index (χ4v) is 1.98. The van der Waals surface area contributed by atoms with Gasteiger partial charge in [0, 0.05) is 0 Å². The normalized spacial score (nSPS) is 32.9. The average Bonchev–Trinajstić information content (AvgIpc) is 2.24. The van der Waals surface area contributed by atoms with E-state index in [2.05, 4.69) is 19.9 Å². The Labute approximate surface area is 99.1 Å². The zero-order valence-electron chi connectivity index (χ0n) is 10.8. The van der Waals surface area contributed by atoms with Gasteiger partial charge in [-0.1, -0.05) is 25.5 Å². The summed E-state index contributed by atoms with van der Waals surface area (Å²) < 4.78 is 5.31. The van der Waals surface area contributed by atoms with Gasteiger partial charge in [0.05, 0.1) is 12.5 Å². The molecule has 0 N–H and O–H groups in total. The van der Waals surface area contributed by atoms with Crippen molar-refractivity contribution < 1.29 is 9.53 Å². The van der Waals surface area contributed by atoms with Crippen LogP contribution in [0.1, 0.15) is 52.9 Å². The molecule has 0 radical (unpaired) electrons. The Kier molecular flexibility index (Phi) is 5.58. The molecule has 1 aliphatic rings. The Morgan fingerprint density at radius 1 is 1.31 bits per heavy atom. The van der Waals surface area contributed by atoms with E-state index >= 15 is 0 Å². The summed E-state index contributed by atoms with van der Waals surface area (Å²) in [7, 11) is 0. The summed E-state index contributed by atoms with van der Waals surface area (Å²) in [5.74, 6) is 0.498. The molecule has 2 nitrogen and oxygen atoms in total. The Balaban J connectivity index is 2.55. The van der Waals surface area contributed by atoms with Gasteiger partial charge in [-0.3, -0.25) is 4.79 Å². The van der Waals surface area contributed by atoms with Crippen LogP contribution in [0.15, 0.2) is 11.6 Å². The molecule has 16 heavy (non-hydrogen) atoms. The topological polar surface area (TPSA) is 26.3 Å². The summed E-state index contributed by atoms with van der Waals surface area (Å²) >= 11 is 0. The largest absolute Gasteiger partial charge is 0.465 e. The van der Waals surface area contributed by atoms with Gasteiger partial charge in [-0.25, -0.2) is 0 Å². The standard InChI is InChI=1S/C14H24O2/c1-11-6-4-8-12(2)10-16-14(15)13(3)9-5-7-11/h7,12-13H,4-6,8-10H2,1-3H3/b11-7-/t12-,13+/m0/s1. The Bertz CT molecular complexity index is 255. The SMILES string of the molecule is C/C1=C/CC[C@@H](C)C(=O)OC[C@@H](C)CCC1. The van der Waals surface area contributed by atoms with Crippen LogP contribution in [0.3, 0.4) is 0 Å². The quantitative estimate of drug-likeness (QED) is 0.463. The molecule has 0 bridgehead atoms. The summed E-state index contributed by atoms with van der Waals surface area (Å²) in [6, 6.07) is 0. The van der Waals surface area contributed by atoms with Gasteiger partial charge in [-0.15, -0.1) is 0 Å². The number of carbonyl (C=O) groups excluding carboxylic acids is 1. The molecule has 92 valence electrons. The molecule has 0 spiro atoms. The Morgan fingerprint density at radius 3 is 2.81 bits per heavy atom. The van der Waals surface area contributed by atoms with Crippen LogP contribution in [0.5, 0.6) is 0 Å². The summed E-state index contributed by atoms with van der Waals surface area (Å²) in [6.45, 7) is 6.90. The molecular formula is C14H24O2. The zero-order valence-corrected chi connectivity index (χ0v) is 10.8. The lowest BCUT2D eigenvalue weighted by Crippen LogP contribution is -2.18. The van der Waals surface area contributed by atoms with Crippen LogP contribution >= 0.6 is 0 Å². The van der Waals surface area contributed by atoms with E-state index in [4.69, 9.17) is 4.74 Å². The van der Waals surface area contributed by atoms with Crippen LogP contribution < -0.4 is 0 Å². The highest BCUT2D eigenvalue weighted by Crippen LogP contribution is 2.17. The maximum absolute atomic E-state index is 11.6. The number of ether oxygens (including phenoxy) is 1. The molecule has 2 atom stereocenters. The van der Waals surface area contributed by atoms with Crippen molar-refractivity contribution in [3.8, 4) is 0 Å². The van der Waals surface area contributed by atoms with Crippen molar-refractivity contribution in [3.63, 3.8) is 0 Å². The molecule has 0 aromatic heterocycles. The lowest BCUT2D eigenvalue weighted by atomic mass is 9.99. The molecule has 0 aromatic carbocycles. The van der Waals surface area contributed by atoms with Crippen molar-refractivity contribution in [2.45, 2.75) is 52.9 Å². The predicted octanol–water partition coefficient (Wildman–Crippen LogP) is 3.71. The second kappa shape index (κ2) is 6.72. The molecule has 1 aliphatic heterocycles. The first-order chi connectivity index (χ1) is 7.59. The average molecular weight is 224 g/mol. The van der Waals surface area contributed by atoms with Gasteiger partial charge in [-0.05, 0) is 44.9 Å². The molecule has 1 heterocycles. The smallest absolute Gasteiger partial charge is 0.308 e. The summed E-state index contributed by atoms with van der Waals surface area (Å²) in [5, 5.41) is 0. The van der Waals surface area contributed by atoms with E-state index in [0.717, 1.165) is 19.3 Å². The number of hydrogen-bond acceptors (Lipinski definition) is 2. The van der Waals surface area contributed by atoms with Crippen molar-refractivity contribution >= 4 is 5.97 Å². The number of hydrogen-bond donors (Lipinski definition) is 0. The van der Waals surface area contributed by atoms with E-state index in [9.17, 15) is 4.79 Å². The maximum Gasteiger partial charge on any atom is 0.308 e. The first-order valence-corrected chi connectivity index (χ1v) is 6.42. The van der Waals surface area contributed by atoms with E-state index < -0.39 is 0 Å². The summed E-state index contributed by atoms with van der Waals surface area (Å²) in [5.41, 5.74) is 1.47. The molecule has 0 saturated heterocycles. The van der Waals surface area contributed by atoms with Crippen LogP contribution in [0.2, 0.25) is 0 Å². The molecule has 0 aromatic rings. The number of cyclic esters (lactones) is 1. The highest BCUT2D eigenvalue weighted by atomic mass is 16.5. The van der Waals surface area contributed by atoms with Gasteiger partial charge >= 0.3 is 5.97 Å². The fraction of sp³-hybridized carbons (Fsp3) is 0.786. The highest BCUT2D eigenvalue weighted by Gasteiger charge is 2.15. The maximum atomic E-state index is 11.6. The van der Waals surface area contributed by atoms with Gasteiger partial charge < -0.3 is 4.74 Å². The van der Waals surface area contributed by atoms with Crippen LogP contribution in [0.4, 0.5) is 0 Å². The van der Waals surface area contributed by atoms with Gasteiger partial charge in [-0.2, -0.15) is 0 Å². The first-order valence-electron chi connectivity index (χ1n) is 6.42. The van der Waals surface area contributed by atoms with Crippen LogP contribution in [0.25, 0.3) is 0 Å². The van der Waals surface area contributed by atoms with Crippen molar-refractivity contribution in [1.82, 2.24) is 0 Å². The number of rotatable bonds is 0. The van der Waals surface area contributed by atoms with Gasteiger partial charge in [0.1, 0.15) is 0 Å². The third-order valence-electron chi connectivity index (χ3n) is 3.27. The highest BCUT2D eigenvalue weighted by molar-refractivity contribution is 5.71. The molecule has 0 fully saturated rings. The monoisotopic (exact) mass is 224 g/mol. The minimum Gasteiger partial charge on any atom is -0.465 e. The Hall–Kier alpha value is -0.790. The third kappa shape index (κ3) is 4.82. The molecule has 0 unspecified atom stereocenters. The minimum atomic E-state index is -0.0292. The number of esters is 1. The second-order valence-corrected chi connectivity index (χ2v) is 5.16. The molecule has 0 saturated carbocycles. The number of carbonyl (C=O) groups is 1. The second-order valence-electron chi connectivity index (χ2n) is 5.16. The number of allylic oxidation sites excluding steroid dienone is 2. The van der Waals surface area contributed by atoms with Gasteiger partial charge in [0.2, 0.25) is 0 Å². The zero-order chi connectivity index (χ0) is 12.0.